The molecule has 0 unspecified atom stereocenters. The van der Waals surface area contributed by atoms with Crippen LogP contribution in [0.15, 0.2) is 48.0 Å². The summed E-state index contributed by atoms with van der Waals surface area (Å²) in [5, 5.41) is 7.45. The van der Waals surface area contributed by atoms with Crippen molar-refractivity contribution in [3.63, 3.8) is 0 Å². The number of amides is 1. The van der Waals surface area contributed by atoms with Crippen molar-refractivity contribution in [2.45, 2.75) is 12.8 Å². The smallest absolute Gasteiger partial charge is 0.435 e. The molecular weight excluding hydrogens is 364 g/mol. The zero-order valence-electron chi connectivity index (χ0n) is 13.6. The molecule has 3 aromatic rings. The second kappa shape index (κ2) is 8.07. The van der Waals surface area contributed by atoms with Crippen molar-refractivity contribution in [3.05, 3.63) is 64.7 Å². The van der Waals surface area contributed by atoms with Gasteiger partial charge in [-0.2, -0.15) is 0 Å². The number of halogens is 1. The Bertz CT molecular complexity index is 928. The Morgan fingerprint density at radius 3 is 2.88 bits per heavy atom. The average Bonchev–Trinajstić information content (AvgIpc) is 3.03. The normalized spacial score (nSPS) is 12.8. The quantitative estimate of drug-likeness (QED) is 0.712. The largest absolute Gasteiger partial charge is 1.00 e. The van der Waals surface area contributed by atoms with E-state index < -0.39 is 0 Å². The molecule has 7 heteroatoms. The summed E-state index contributed by atoms with van der Waals surface area (Å²) < 4.78 is 13.5. The van der Waals surface area contributed by atoms with Gasteiger partial charge in [0.2, 0.25) is 5.91 Å². The molecule has 2 heterocycles. The van der Waals surface area contributed by atoms with Crippen molar-refractivity contribution in [1.82, 2.24) is 4.98 Å². The molecule has 1 amide bonds. The molecule has 2 aromatic carbocycles. The summed E-state index contributed by atoms with van der Waals surface area (Å²) in [7, 11) is 0. The van der Waals surface area contributed by atoms with E-state index in [-0.39, 0.29) is 63.1 Å². The van der Waals surface area contributed by atoms with E-state index in [4.69, 9.17) is 0 Å². The minimum absolute atomic E-state index is 0. The van der Waals surface area contributed by atoms with Gasteiger partial charge in [-0.3, -0.25) is 4.79 Å². The number of anilines is 1. The fourth-order valence-electron chi connectivity index (χ4n) is 2.71. The third-order valence-corrected chi connectivity index (χ3v) is 4.72. The Hall–Kier alpha value is -1.09. The van der Waals surface area contributed by atoms with Crippen LogP contribution in [0.5, 0.6) is 0 Å². The fourth-order valence-corrected chi connectivity index (χ4v) is 3.43. The van der Waals surface area contributed by atoms with Crippen molar-refractivity contribution < 1.29 is 60.6 Å². The van der Waals surface area contributed by atoms with Crippen LogP contribution in [0.3, 0.4) is 0 Å². The summed E-state index contributed by atoms with van der Waals surface area (Å²) in [6.45, 7) is 0. The van der Waals surface area contributed by atoms with Crippen LogP contribution in [-0.4, -0.2) is 10.9 Å². The fraction of sp³-hybridized carbons (Fsp3) is 0.111. The predicted molar refractivity (Wildman–Crippen MR) is 93.6 cm³/mol. The molecule has 1 aromatic heterocycles. The van der Waals surface area contributed by atoms with Crippen LogP contribution in [0.2, 0.25) is 0 Å². The first-order valence-corrected chi connectivity index (χ1v) is 8.41. The number of rotatable bonds is 3. The molecule has 120 valence electrons. The number of nitrogens with one attached hydrogen (secondary N) is 1. The van der Waals surface area contributed by atoms with Gasteiger partial charge < -0.3 is 15.6 Å². The van der Waals surface area contributed by atoms with E-state index in [0.717, 1.165) is 27.4 Å². The van der Waals surface area contributed by atoms with Crippen molar-refractivity contribution in [2.75, 3.05) is 5.32 Å². The van der Waals surface area contributed by atoms with Crippen molar-refractivity contribution in [2.24, 2.45) is 0 Å². The maximum absolute atomic E-state index is 13.5. The van der Waals surface area contributed by atoms with Gasteiger partial charge in [-0.25, -0.2) is 4.39 Å². The number of fused-ring (bicyclic) bond motifs is 1. The molecule has 1 aliphatic heterocycles. The van der Waals surface area contributed by atoms with Gasteiger partial charge in [0.15, 0.2) is 0 Å². The van der Waals surface area contributed by atoms with Crippen LogP contribution in [-0.2, 0) is 11.2 Å². The van der Waals surface area contributed by atoms with Crippen molar-refractivity contribution in [3.8, 4) is 10.4 Å². The van der Waals surface area contributed by atoms with Crippen molar-refractivity contribution in [1.29, 1.82) is 0 Å². The zero-order chi connectivity index (χ0) is 16.5. The van der Waals surface area contributed by atoms with Crippen LogP contribution in [0.25, 0.3) is 15.8 Å². The predicted octanol–water partition coefficient (Wildman–Crippen LogP) is 2.17. The topological polar surface area (TPSA) is 56.1 Å². The van der Waals surface area contributed by atoms with E-state index in [0.29, 0.717) is 18.7 Å². The van der Waals surface area contributed by atoms with Crippen LogP contribution < -0.4 is 56.7 Å². The molecule has 1 N–H and O–H groups in total. The molecule has 0 bridgehead atoms. The SMILES string of the molecule is O=C1CCc2cc([N-]c3ncsc3-c3cccc(F)c3)ccc2N1.[K+]. The van der Waals surface area contributed by atoms with E-state index in [1.165, 1.54) is 23.5 Å². The number of aromatic nitrogens is 1. The minimum Gasteiger partial charge on any atom is -0.435 e. The second-order valence-corrected chi connectivity index (χ2v) is 6.37. The van der Waals surface area contributed by atoms with Gasteiger partial charge in [0.1, 0.15) is 5.82 Å². The molecular formula is C18H13FKN3OS. The van der Waals surface area contributed by atoms with Crippen LogP contribution in [0.1, 0.15) is 12.0 Å². The van der Waals surface area contributed by atoms with E-state index in [1.54, 1.807) is 11.6 Å². The number of hydrogen-bond acceptors (Lipinski definition) is 3. The molecule has 0 atom stereocenters. The summed E-state index contributed by atoms with van der Waals surface area (Å²) in [6, 6.07) is 12.1. The van der Waals surface area contributed by atoms with Gasteiger partial charge in [-0.05, 0) is 52.8 Å². The molecule has 0 fully saturated rings. The Balaban J connectivity index is 0.00000182. The van der Waals surface area contributed by atoms with Crippen LogP contribution in [0, 0.1) is 5.82 Å². The van der Waals surface area contributed by atoms with Gasteiger partial charge in [0, 0.05) is 17.0 Å². The third-order valence-electron chi connectivity index (χ3n) is 3.85. The molecule has 0 aliphatic carbocycles. The maximum Gasteiger partial charge on any atom is 1.00 e. The Morgan fingerprint density at radius 1 is 1.16 bits per heavy atom. The van der Waals surface area contributed by atoms with Gasteiger partial charge >= 0.3 is 51.4 Å². The van der Waals surface area contributed by atoms with Gasteiger partial charge in [0.25, 0.3) is 0 Å². The first-order valence-electron chi connectivity index (χ1n) is 7.53. The van der Waals surface area contributed by atoms with E-state index in [1.807, 2.05) is 24.3 Å². The summed E-state index contributed by atoms with van der Waals surface area (Å²) in [5.74, 6) is 0.335. The van der Waals surface area contributed by atoms with E-state index in [2.05, 4.69) is 15.6 Å². The van der Waals surface area contributed by atoms with E-state index in [9.17, 15) is 9.18 Å². The Kier molecular flexibility index (Phi) is 6.03. The molecule has 0 spiro atoms. The minimum atomic E-state index is -0.281. The third kappa shape index (κ3) is 4.19. The summed E-state index contributed by atoms with van der Waals surface area (Å²) >= 11 is 1.43. The molecule has 4 nitrogen and oxygen atoms in total. The zero-order valence-corrected chi connectivity index (χ0v) is 17.6. The van der Waals surface area contributed by atoms with Crippen LogP contribution in [0.4, 0.5) is 21.6 Å². The first-order chi connectivity index (χ1) is 11.7. The summed E-state index contributed by atoms with van der Waals surface area (Å²) in [4.78, 5) is 16.6. The van der Waals surface area contributed by atoms with Gasteiger partial charge in [-0.15, -0.1) is 11.3 Å². The maximum atomic E-state index is 13.5. The van der Waals surface area contributed by atoms with Gasteiger partial charge in [-0.1, -0.05) is 24.3 Å². The average molecular weight is 377 g/mol. The molecule has 25 heavy (non-hydrogen) atoms. The number of aryl methyl sites for hydroxylation is 1. The Morgan fingerprint density at radius 2 is 2.04 bits per heavy atom. The number of hydrogen-bond donors (Lipinski definition) is 1. The van der Waals surface area contributed by atoms with E-state index >= 15 is 0 Å². The first kappa shape index (κ1) is 18.7. The molecule has 0 radical (unpaired) electrons. The molecule has 1 aliphatic rings. The summed E-state index contributed by atoms with van der Waals surface area (Å²) in [6.07, 6.45) is 1.19. The Labute approximate surface area is 191 Å². The van der Waals surface area contributed by atoms with Gasteiger partial charge in [0.05, 0.1) is 0 Å². The van der Waals surface area contributed by atoms with Crippen molar-refractivity contribution >= 4 is 34.4 Å². The monoisotopic (exact) mass is 377 g/mol. The number of carbonyl (C=O) groups is 1. The molecule has 0 saturated heterocycles. The number of thiazole rings is 1. The summed E-state index contributed by atoms with van der Waals surface area (Å²) in [5.41, 5.74) is 5.15. The number of carbonyl (C=O) groups excluding carboxylic acids is 1. The van der Waals surface area contributed by atoms with Crippen LogP contribution >= 0.6 is 11.3 Å². The molecule has 4 rings (SSSR count). The molecule has 0 saturated carbocycles. The number of nitrogens with zero attached hydrogens (tertiary/aromatic N) is 2. The standard InChI is InChI=1S/C18H13FN3OS.K/c19-13-3-1-2-12(8-13)17-18(20-10-24-17)21-14-5-6-15-11(9-14)4-7-16(23)22-15;/h1-3,5-6,8-10H,4,7H2,(H,22,23);/q-1;+1. The second-order valence-electron chi connectivity index (χ2n) is 5.52. The number of benzene rings is 2.